The van der Waals surface area contributed by atoms with Gasteiger partial charge in [-0.15, -0.1) is 0 Å². The summed E-state index contributed by atoms with van der Waals surface area (Å²) in [5, 5.41) is 6.21. The van der Waals surface area contributed by atoms with E-state index in [1.165, 1.54) is 25.7 Å². The minimum atomic E-state index is 0.332. The zero-order chi connectivity index (χ0) is 13.7. The third-order valence-electron chi connectivity index (χ3n) is 3.61. The van der Waals surface area contributed by atoms with Gasteiger partial charge in [-0.2, -0.15) is 15.0 Å². The van der Waals surface area contributed by atoms with Crippen LogP contribution in [0.2, 0.25) is 0 Å². The van der Waals surface area contributed by atoms with Crippen LogP contribution in [0.4, 0.5) is 11.9 Å². The van der Waals surface area contributed by atoms with E-state index in [0.29, 0.717) is 23.8 Å². The zero-order valence-corrected chi connectivity index (χ0v) is 11.9. The second kappa shape index (κ2) is 6.54. The molecule has 1 heterocycles. The zero-order valence-electron chi connectivity index (χ0n) is 11.9. The Morgan fingerprint density at radius 3 is 2.68 bits per heavy atom. The monoisotopic (exact) mass is 265 g/mol. The molecule has 1 saturated carbocycles. The highest BCUT2D eigenvalue weighted by atomic mass is 16.5. The molecule has 0 bridgehead atoms. The lowest BCUT2D eigenvalue weighted by Crippen LogP contribution is -2.22. The molecule has 2 atom stereocenters. The van der Waals surface area contributed by atoms with E-state index in [0.717, 1.165) is 12.5 Å². The smallest absolute Gasteiger partial charge is 0.322 e. The molecule has 1 aromatic rings. The number of hydrogen-bond donors (Lipinski definition) is 2. The molecule has 0 spiro atoms. The van der Waals surface area contributed by atoms with Crippen molar-refractivity contribution >= 4 is 11.9 Å². The van der Waals surface area contributed by atoms with Gasteiger partial charge in [0.25, 0.3) is 0 Å². The van der Waals surface area contributed by atoms with Crippen LogP contribution in [-0.4, -0.2) is 35.7 Å². The molecular formula is C13H23N5O. The summed E-state index contributed by atoms with van der Waals surface area (Å²) in [7, 11) is 3.34. The summed E-state index contributed by atoms with van der Waals surface area (Å²) in [5.74, 6) is 2.65. The average Bonchev–Trinajstić information content (AvgIpc) is 2.44. The Kier molecular flexibility index (Phi) is 4.76. The Bertz CT molecular complexity index is 390. The van der Waals surface area contributed by atoms with Crippen LogP contribution < -0.4 is 15.4 Å². The normalized spacial score (nSPS) is 22.9. The molecule has 2 unspecified atom stereocenters. The van der Waals surface area contributed by atoms with Crippen molar-refractivity contribution in [1.82, 2.24) is 15.0 Å². The molecule has 1 aliphatic rings. The SMILES string of the molecule is CNc1nc(NCC2CCCC(C)C2)nc(OC)n1. The van der Waals surface area contributed by atoms with E-state index in [9.17, 15) is 0 Å². The van der Waals surface area contributed by atoms with Crippen molar-refractivity contribution in [3.05, 3.63) is 0 Å². The third-order valence-corrected chi connectivity index (χ3v) is 3.61. The molecule has 0 amide bonds. The van der Waals surface area contributed by atoms with Gasteiger partial charge in [0.15, 0.2) is 0 Å². The molecule has 1 aromatic heterocycles. The minimum Gasteiger partial charge on any atom is -0.467 e. The van der Waals surface area contributed by atoms with Crippen molar-refractivity contribution in [2.75, 3.05) is 31.3 Å². The number of ether oxygens (including phenoxy) is 1. The second-order valence-electron chi connectivity index (χ2n) is 5.24. The summed E-state index contributed by atoms with van der Waals surface area (Å²) in [4.78, 5) is 12.6. The largest absolute Gasteiger partial charge is 0.467 e. The molecule has 0 aromatic carbocycles. The van der Waals surface area contributed by atoms with Gasteiger partial charge in [0.05, 0.1) is 7.11 Å². The summed E-state index contributed by atoms with van der Waals surface area (Å²) in [5.41, 5.74) is 0. The van der Waals surface area contributed by atoms with Crippen molar-refractivity contribution in [3.8, 4) is 6.01 Å². The van der Waals surface area contributed by atoms with Gasteiger partial charge in [-0.25, -0.2) is 0 Å². The van der Waals surface area contributed by atoms with E-state index < -0.39 is 0 Å². The standard InChI is InChI=1S/C13H23N5O/c1-9-5-4-6-10(7-9)8-15-12-16-11(14-2)17-13(18-12)19-3/h9-10H,4-8H2,1-3H3,(H2,14,15,16,17,18). The van der Waals surface area contributed by atoms with Crippen LogP contribution in [0, 0.1) is 11.8 Å². The summed E-state index contributed by atoms with van der Waals surface area (Å²) < 4.78 is 5.06. The summed E-state index contributed by atoms with van der Waals surface area (Å²) in [6.07, 6.45) is 5.27. The molecule has 19 heavy (non-hydrogen) atoms. The predicted molar refractivity (Wildman–Crippen MR) is 75.5 cm³/mol. The van der Waals surface area contributed by atoms with Crippen LogP contribution in [0.1, 0.15) is 32.6 Å². The van der Waals surface area contributed by atoms with Gasteiger partial charge in [-0.1, -0.05) is 19.8 Å². The predicted octanol–water partition coefficient (Wildman–Crippen LogP) is 2.16. The van der Waals surface area contributed by atoms with Crippen LogP contribution in [0.3, 0.4) is 0 Å². The minimum absolute atomic E-state index is 0.332. The van der Waals surface area contributed by atoms with Crippen LogP contribution in [0.5, 0.6) is 6.01 Å². The number of hydrogen-bond acceptors (Lipinski definition) is 6. The van der Waals surface area contributed by atoms with Gasteiger partial charge in [0, 0.05) is 13.6 Å². The lowest BCUT2D eigenvalue weighted by Gasteiger charge is -2.26. The Labute approximate surface area is 114 Å². The lowest BCUT2D eigenvalue weighted by atomic mass is 9.82. The first-order chi connectivity index (χ1) is 9.21. The maximum Gasteiger partial charge on any atom is 0.322 e. The van der Waals surface area contributed by atoms with Crippen LogP contribution in [-0.2, 0) is 0 Å². The van der Waals surface area contributed by atoms with E-state index in [1.807, 2.05) is 0 Å². The fraction of sp³-hybridized carbons (Fsp3) is 0.769. The average molecular weight is 265 g/mol. The molecule has 106 valence electrons. The van der Waals surface area contributed by atoms with Gasteiger partial charge in [0.2, 0.25) is 11.9 Å². The summed E-state index contributed by atoms with van der Waals surface area (Å²) in [6, 6.07) is 0.332. The van der Waals surface area contributed by atoms with E-state index in [2.05, 4.69) is 32.5 Å². The van der Waals surface area contributed by atoms with Gasteiger partial charge in [-0.05, 0) is 24.7 Å². The molecule has 6 nitrogen and oxygen atoms in total. The van der Waals surface area contributed by atoms with Crippen molar-refractivity contribution < 1.29 is 4.74 Å². The van der Waals surface area contributed by atoms with Gasteiger partial charge in [-0.3, -0.25) is 0 Å². The van der Waals surface area contributed by atoms with Gasteiger partial charge < -0.3 is 15.4 Å². The van der Waals surface area contributed by atoms with Crippen LogP contribution >= 0.6 is 0 Å². The van der Waals surface area contributed by atoms with Crippen molar-refractivity contribution in [3.63, 3.8) is 0 Å². The first kappa shape index (κ1) is 13.8. The molecule has 0 aliphatic heterocycles. The highest BCUT2D eigenvalue weighted by molar-refractivity contribution is 5.35. The second-order valence-corrected chi connectivity index (χ2v) is 5.24. The number of aromatic nitrogens is 3. The quantitative estimate of drug-likeness (QED) is 0.850. The molecule has 0 saturated heterocycles. The maximum atomic E-state index is 5.06. The molecular weight excluding hydrogens is 242 g/mol. The maximum absolute atomic E-state index is 5.06. The van der Waals surface area contributed by atoms with Crippen LogP contribution in [0.15, 0.2) is 0 Å². The molecule has 6 heteroatoms. The third kappa shape index (κ3) is 3.94. The van der Waals surface area contributed by atoms with Crippen LogP contribution in [0.25, 0.3) is 0 Å². The number of nitrogens with zero attached hydrogens (tertiary/aromatic N) is 3. The lowest BCUT2D eigenvalue weighted by molar-refractivity contribution is 0.293. The summed E-state index contributed by atoms with van der Waals surface area (Å²) >= 11 is 0. The molecule has 2 N–H and O–H groups in total. The Hall–Kier alpha value is -1.59. The topological polar surface area (TPSA) is 72.0 Å². The van der Waals surface area contributed by atoms with E-state index >= 15 is 0 Å². The molecule has 2 rings (SSSR count). The Morgan fingerprint density at radius 2 is 2.00 bits per heavy atom. The van der Waals surface area contributed by atoms with Gasteiger partial charge in [0.1, 0.15) is 0 Å². The van der Waals surface area contributed by atoms with Crippen molar-refractivity contribution in [2.24, 2.45) is 11.8 Å². The first-order valence-corrected chi connectivity index (χ1v) is 6.93. The van der Waals surface area contributed by atoms with E-state index in [1.54, 1.807) is 14.2 Å². The Balaban J connectivity index is 1.94. The summed E-state index contributed by atoms with van der Waals surface area (Å²) in [6.45, 7) is 3.25. The number of methoxy groups -OCH3 is 1. The van der Waals surface area contributed by atoms with E-state index in [4.69, 9.17) is 4.74 Å². The molecule has 1 aliphatic carbocycles. The fourth-order valence-electron chi connectivity index (χ4n) is 2.62. The Morgan fingerprint density at radius 1 is 1.21 bits per heavy atom. The fourth-order valence-corrected chi connectivity index (χ4v) is 2.62. The number of rotatable bonds is 5. The number of anilines is 2. The van der Waals surface area contributed by atoms with Crippen molar-refractivity contribution in [1.29, 1.82) is 0 Å². The molecule has 0 radical (unpaired) electrons. The van der Waals surface area contributed by atoms with Gasteiger partial charge >= 0.3 is 6.01 Å². The highest BCUT2D eigenvalue weighted by Crippen LogP contribution is 2.28. The highest BCUT2D eigenvalue weighted by Gasteiger charge is 2.19. The van der Waals surface area contributed by atoms with E-state index in [-0.39, 0.29) is 0 Å². The number of nitrogens with one attached hydrogen (secondary N) is 2. The molecule has 1 fully saturated rings. The van der Waals surface area contributed by atoms with Crippen molar-refractivity contribution in [2.45, 2.75) is 32.6 Å². The first-order valence-electron chi connectivity index (χ1n) is 6.93.